The second-order valence-corrected chi connectivity index (χ2v) is 6.15. The van der Waals surface area contributed by atoms with Crippen LogP contribution in [0.4, 0.5) is 5.82 Å². The van der Waals surface area contributed by atoms with Gasteiger partial charge in [0.05, 0.1) is 5.41 Å². The molecular weight excluding hydrogens is 284 g/mol. The standard InChI is InChI=1S/C15H24N4O3/c16-10-15(3-7-22-8-4-15)14(20)17-13-9-12(18-19-13)11-1-5-21-6-2-11/h9,11H,1-8,10,16H2,(H2,17,18,19,20). The number of carbonyl (C=O) groups is 1. The van der Waals surface area contributed by atoms with E-state index in [4.69, 9.17) is 15.2 Å². The van der Waals surface area contributed by atoms with E-state index < -0.39 is 5.41 Å². The summed E-state index contributed by atoms with van der Waals surface area (Å²) < 4.78 is 10.7. The van der Waals surface area contributed by atoms with Crippen LogP contribution in [0, 0.1) is 5.41 Å². The van der Waals surface area contributed by atoms with E-state index in [-0.39, 0.29) is 5.91 Å². The molecule has 1 aromatic rings. The number of anilines is 1. The fraction of sp³-hybridized carbons (Fsp3) is 0.733. The maximum absolute atomic E-state index is 12.6. The lowest BCUT2D eigenvalue weighted by Gasteiger charge is -2.34. The highest BCUT2D eigenvalue weighted by atomic mass is 16.5. The zero-order chi connectivity index (χ0) is 15.4. The maximum Gasteiger partial charge on any atom is 0.233 e. The van der Waals surface area contributed by atoms with E-state index in [9.17, 15) is 4.79 Å². The summed E-state index contributed by atoms with van der Waals surface area (Å²) in [6.45, 7) is 3.06. The van der Waals surface area contributed by atoms with Gasteiger partial charge in [-0.2, -0.15) is 5.10 Å². The van der Waals surface area contributed by atoms with Gasteiger partial charge in [-0.25, -0.2) is 0 Å². The number of hydrogen-bond donors (Lipinski definition) is 3. The SMILES string of the molecule is NCC1(C(=O)Nc2cc(C3CCOCC3)[nH]n2)CCOCC1. The van der Waals surface area contributed by atoms with Crippen molar-refractivity contribution in [2.45, 2.75) is 31.6 Å². The Labute approximate surface area is 129 Å². The normalized spacial score (nSPS) is 22.4. The van der Waals surface area contributed by atoms with Crippen LogP contribution in [0.1, 0.15) is 37.3 Å². The minimum absolute atomic E-state index is 0.0525. The Balaban J connectivity index is 1.65. The molecule has 1 aromatic heterocycles. The number of rotatable bonds is 4. The van der Waals surface area contributed by atoms with Gasteiger partial charge in [-0.3, -0.25) is 9.89 Å². The van der Waals surface area contributed by atoms with Crippen LogP contribution < -0.4 is 11.1 Å². The van der Waals surface area contributed by atoms with Crippen molar-refractivity contribution in [1.82, 2.24) is 10.2 Å². The third-order valence-electron chi connectivity index (χ3n) is 4.82. The first kappa shape index (κ1) is 15.5. The molecule has 3 heterocycles. The van der Waals surface area contributed by atoms with Crippen LogP contribution >= 0.6 is 0 Å². The summed E-state index contributed by atoms with van der Waals surface area (Å²) in [6.07, 6.45) is 3.29. The molecule has 7 heteroatoms. The molecule has 0 atom stereocenters. The van der Waals surface area contributed by atoms with Crippen molar-refractivity contribution in [3.63, 3.8) is 0 Å². The lowest BCUT2D eigenvalue weighted by Crippen LogP contribution is -2.46. The first-order valence-electron chi connectivity index (χ1n) is 7.96. The van der Waals surface area contributed by atoms with E-state index in [1.165, 1.54) is 0 Å². The summed E-state index contributed by atoms with van der Waals surface area (Å²) in [5, 5.41) is 10.2. The average Bonchev–Trinajstić information content (AvgIpc) is 3.05. The molecule has 0 saturated carbocycles. The zero-order valence-corrected chi connectivity index (χ0v) is 12.8. The summed E-state index contributed by atoms with van der Waals surface area (Å²) in [5.41, 5.74) is 6.39. The van der Waals surface area contributed by atoms with Gasteiger partial charge in [-0.05, 0) is 25.7 Å². The van der Waals surface area contributed by atoms with Crippen LogP contribution in [0.25, 0.3) is 0 Å². The van der Waals surface area contributed by atoms with Gasteiger partial charge >= 0.3 is 0 Å². The Morgan fingerprint density at radius 2 is 2.00 bits per heavy atom. The Bertz CT molecular complexity index is 505. The average molecular weight is 308 g/mol. The van der Waals surface area contributed by atoms with Gasteiger partial charge in [-0.1, -0.05) is 0 Å². The molecule has 0 radical (unpaired) electrons. The summed E-state index contributed by atoms with van der Waals surface area (Å²) >= 11 is 0. The number of aromatic amines is 1. The highest BCUT2D eigenvalue weighted by molar-refractivity contribution is 5.94. The van der Waals surface area contributed by atoms with Gasteiger partial charge in [0.2, 0.25) is 5.91 Å². The van der Waals surface area contributed by atoms with Crippen molar-refractivity contribution in [1.29, 1.82) is 0 Å². The number of hydrogen-bond acceptors (Lipinski definition) is 5. The molecular formula is C15H24N4O3. The molecule has 0 aliphatic carbocycles. The Morgan fingerprint density at radius 1 is 1.32 bits per heavy atom. The Morgan fingerprint density at radius 3 is 2.68 bits per heavy atom. The van der Waals surface area contributed by atoms with Gasteiger partial charge in [0.15, 0.2) is 5.82 Å². The second-order valence-electron chi connectivity index (χ2n) is 6.15. The topological polar surface area (TPSA) is 102 Å². The van der Waals surface area contributed by atoms with E-state index in [0.717, 1.165) is 31.7 Å². The number of nitrogens with one attached hydrogen (secondary N) is 2. The number of nitrogens with two attached hydrogens (primary N) is 1. The lowest BCUT2D eigenvalue weighted by atomic mass is 9.79. The van der Waals surface area contributed by atoms with Crippen LogP contribution in [0.15, 0.2) is 6.07 Å². The van der Waals surface area contributed by atoms with E-state index >= 15 is 0 Å². The van der Waals surface area contributed by atoms with Crippen molar-refractivity contribution >= 4 is 11.7 Å². The van der Waals surface area contributed by atoms with Crippen molar-refractivity contribution in [3.8, 4) is 0 Å². The molecule has 122 valence electrons. The minimum Gasteiger partial charge on any atom is -0.381 e. The van der Waals surface area contributed by atoms with Gasteiger partial charge in [-0.15, -0.1) is 0 Å². The third-order valence-corrected chi connectivity index (χ3v) is 4.82. The minimum atomic E-state index is -0.532. The predicted molar refractivity (Wildman–Crippen MR) is 81.6 cm³/mol. The van der Waals surface area contributed by atoms with E-state index in [1.54, 1.807) is 0 Å². The smallest absolute Gasteiger partial charge is 0.233 e. The summed E-state index contributed by atoms with van der Waals surface area (Å²) in [7, 11) is 0. The molecule has 1 amide bonds. The molecule has 0 bridgehead atoms. The molecule has 3 rings (SSSR count). The van der Waals surface area contributed by atoms with Gasteiger partial charge in [0, 0.05) is 50.7 Å². The highest BCUT2D eigenvalue weighted by Crippen LogP contribution is 2.31. The quantitative estimate of drug-likeness (QED) is 0.770. The number of amides is 1. The van der Waals surface area contributed by atoms with Gasteiger partial charge in [0.25, 0.3) is 0 Å². The maximum atomic E-state index is 12.6. The first-order chi connectivity index (χ1) is 10.7. The molecule has 2 aliphatic rings. The van der Waals surface area contributed by atoms with Crippen molar-refractivity contribution in [2.24, 2.45) is 11.1 Å². The number of ether oxygens (including phenoxy) is 2. The molecule has 0 aromatic carbocycles. The van der Waals surface area contributed by atoms with Gasteiger partial charge in [0.1, 0.15) is 0 Å². The third kappa shape index (κ3) is 3.16. The van der Waals surface area contributed by atoms with Crippen LogP contribution in [-0.4, -0.2) is 49.1 Å². The molecule has 4 N–H and O–H groups in total. The van der Waals surface area contributed by atoms with Crippen LogP contribution in [0.2, 0.25) is 0 Å². The first-order valence-corrected chi connectivity index (χ1v) is 7.96. The van der Waals surface area contributed by atoms with E-state index in [1.807, 2.05) is 6.07 Å². The summed E-state index contributed by atoms with van der Waals surface area (Å²) in [4.78, 5) is 12.6. The number of nitrogens with zero attached hydrogens (tertiary/aromatic N) is 1. The molecule has 2 fully saturated rings. The Kier molecular flexibility index (Phi) is 4.75. The largest absolute Gasteiger partial charge is 0.381 e. The molecule has 0 spiro atoms. The van der Waals surface area contributed by atoms with Crippen molar-refractivity contribution < 1.29 is 14.3 Å². The van der Waals surface area contributed by atoms with Crippen LogP contribution in [0.3, 0.4) is 0 Å². The summed E-state index contributed by atoms with van der Waals surface area (Å²) in [5.74, 6) is 0.951. The lowest BCUT2D eigenvalue weighted by molar-refractivity contribution is -0.130. The molecule has 0 unspecified atom stereocenters. The van der Waals surface area contributed by atoms with Crippen LogP contribution in [0.5, 0.6) is 0 Å². The second kappa shape index (κ2) is 6.76. The van der Waals surface area contributed by atoms with E-state index in [2.05, 4.69) is 15.5 Å². The summed E-state index contributed by atoms with van der Waals surface area (Å²) in [6, 6.07) is 1.93. The fourth-order valence-electron chi connectivity index (χ4n) is 3.15. The molecule has 7 nitrogen and oxygen atoms in total. The van der Waals surface area contributed by atoms with Crippen molar-refractivity contribution in [2.75, 3.05) is 38.3 Å². The number of carbonyl (C=O) groups excluding carboxylic acids is 1. The predicted octanol–water partition coefficient (Wildman–Crippen LogP) is 0.998. The van der Waals surface area contributed by atoms with Gasteiger partial charge < -0.3 is 20.5 Å². The number of aromatic nitrogens is 2. The molecule has 2 aliphatic heterocycles. The van der Waals surface area contributed by atoms with Crippen LogP contribution in [-0.2, 0) is 14.3 Å². The number of H-pyrrole nitrogens is 1. The fourth-order valence-corrected chi connectivity index (χ4v) is 3.15. The molecule has 22 heavy (non-hydrogen) atoms. The molecule has 2 saturated heterocycles. The zero-order valence-electron chi connectivity index (χ0n) is 12.8. The highest BCUT2D eigenvalue weighted by Gasteiger charge is 2.39. The Hall–Kier alpha value is -1.44. The van der Waals surface area contributed by atoms with Crippen molar-refractivity contribution in [3.05, 3.63) is 11.8 Å². The monoisotopic (exact) mass is 308 g/mol. The van der Waals surface area contributed by atoms with E-state index in [0.29, 0.717) is 44.3 Å².